The number of carbonyl (C=O) groups excluding carboxylic acids is 1. The molecule has 3 saturated carbocycles. The second-order valence-corrected chi connectivity index (χ2v) is 6.76. The van der Waals surface area contributed by atoms with E-state index in [1.54, 1.807) is 0 Å². The summed E-state index contributed by atoms with van der Waals surface area (Å²) in [5, 5.41) is 6.46. The van der Waals surface area contributed by atoms with Gasteiger partial charge in [0.25, 0.3) is 0 Å². The first kappa shape index (κ1) is 12.5. The van der Waals surface area contributed by atoms with E-state index in [2.05, 4.69) is 17.6 Å². The van der Waals surface area contributed by atoms with Crippen LogP contribution in [0.2, 0.25) is 0 Å². The van der Waals surface area contributed by atoms with Gasteiger partial charge in [-0.2, -0.15) is 0 Å². The maximum Gasteiger partial charge on any atom is 0.233 e. The fourth-order valence-electron chi connectivity index (χ4n) is 3.95. The highest BCUT2D eigenvalue weighted by molar-refractivity contribution is 5.78. The van der Waals surface area contributed by atoms with Gasteiger partial charge in [-0.3, -0.25) is 4.79 Å². The summed E-state index contributed by atoms with van der Waals surface area (Å²) in [6, 6.07) is 0.506. The molecule has 0 spiro atoms. The fourth-order valence-corrected chi connectivity index (χ4v) is 3.95. The van der Waals surface area contributed by atoms with Crippen LogP contribution in [0.15, 0.2) is 0 Å². The molecule has 1 amide bonds. The molecule has 0 aromatic rings. The molecule has 0 aromatic heterocycles. The predicted octanol–water partition coefficient (Wildman–Crippen LogP) is 1.93. The van der Waals surface area contributed by atoms with Gasteiger partial charge in [0.2, 0.25) is 5.91 Å². The molecule has 3 aliphatic carbocycles. The lowest BCUT2D eigenvalue weighted by Gasteiger charge is -2.28. The van der Waals surface area contributed by atoms with Crippen LogP contribution < -0.4 is 10.6 Å². The Labute approximate surface area is 110 Å². The van der Waals surface area contributed by atoms with Crippen molar-refractivity contribution in [3.05, 3.63) is 0 Å². The first-order valence-electron chi connectivity index (χ1n) is 7.72. The molecular formula is C15H26N2O. The number of hydrogen-bond donors (Lipinski definition) is 2. The summed E-state index contributed by atoms with van der Waals surface area (Å²) in [7, 11) is 0. The maximum absolute atomic E-state index is 11.7. The van der Waals surface area contributed by atoms with E-state index in [4.69, 9.17) is 0 Å². The third-order valence-corrected chi connectivity index (χ3v) is 5.30. The van der Waals surface area contributed by atoms with Crippen molar-refractivity contribution in [2.45, 2.75) is 51.5 Å². The molecule has 4 atom stereocenters. The quantitative estimate of drug-likeness (QED) is 0.756. The molecular weight excluding hydrogens is 224 g/mol. The number of nitrogens with one attached hydrogen (secondary N) is 2. The van der Waals surface area contributed by atoms with Crippen LogP contribution in [0.5, 0.6) is 0 Å². The van der Waals surface area contributed by atoms with Crippen molar-refractivity contribution in [1.82, 2.24) is 10.6 Å². The van der Waals surface area contributed by atoms with E-state index in [0.717, 1.165) is 30.2 Å². The molecule has 3 nitrogen and oxygen atoms in total. The predicted molar refractivity (Wildman–Crippen MR) is 72.1 cm³/mol. The van der Waals surface area contributed by atoms with Crippen molar-refractivity contribution >= 4 is 5.91 Å². The van der Waals surface area contributed by atoms with E-state index in [1.165, 1.54) is 38.5 Å². The Kier molecular flexibility index (Phi) is 3.60. The molecule has 0 aliphatic heterocycles. The summed E-state index contributed by atoms with van der Waals surface area (Å²) < 4.78 is 0. The second-order valence-electron chi connectivity index (χ2n) is 6.76. The first-order chi connectivity index (χ1) is 8.72. The van der Waals surface area contributed by atoms with Gasteiger partial charge < -0.3 is 10.6 Å². The Morgan fingerprint density at radius 2 is 2.06 bits per heavy atom. The van der Waals surface area contributed by atoms with Gasteiger partial charge in [-0.25, -0.2) is 0 Å². The monoisotopic (exact) mass is 250 g/mol. The molecule has 3 fully saturated rings. The maximum atomic E-state index is 11.7. The molecule has 18 heavy (non-hydrogen) atoms. The van der Waals surface area contributed by atoms with Gasteiger partial charge in [-0.15, -0.1) is 0 Å². The van der Waals surface area contributed by atoms with Crippen molar-refractivity contribution < 1.29 is 4.79 Å². The highest BCUT2D eigenvalue weighted by Crippen LogP contribution is 2.49. The molecule has 0 saturated heterocycles. The van der Waals surface area contributed by atoms with Crippen molar-refractivity contribution in [3.63, 3.8) is 0 Å². The standard InChI is InChI=1S/C15H26N2O/c1-10(14-7-12-4-5-13(14)6-12)16-9-15(18)17-8-11-2-3-11/h10-14,16H,2-9H2,1H3,(H,17,18). The molecule has 0 aromatic carbocycles. The van der Waals surface area contributed by atoms with Crippen molar-refractivity contribution in [3.8, 4) is 0 Å². The second kappa shape index (κ2) is 5.20. The average molecular weight is 250 g/mol. The molecule has 0 heterocycles. The highest BCUT2D eigenvalue weighted by Gasteiger charge is 2.41. The summed E-state index contributed by atoms with van der Waals surface area (Å²) in [4.78, 5) is 11.7. The fraction of sp³-hybridized carbons (Fsp3) is 0.933. The zero-order chi connectivity index (χ0) is 12.5. The van der Waals surface area contributed by atoms with E-state index < -0.39 is 0 Å². The van der Waals surface area contributed by atoms with Gasteiger partial charge in [-0.05, 0) is 62.7 Å². The smallest absolute Gasteiger partial charge is 0.233 e. The van der Waals surface area contributed by atoms with E-state index in [-0.39, 0.29) is 5.91 Å². The minimum atomic E-state index is 0.178. The Hall–Kier alpha value is -0.570. The van der Waals surface area contributed by atoms with Crippen molar-refractivity contribution in [2.24, 2.45) is 23.7 Å². The van der Waals surface area contributed by atoms with Crippen LogP contribution in [0.4, 0.5) is 0 Å². The first-order valence-corrected chi connectivity index (χ1v) is 7.72. The Morgan fingerprint density at radius 1 is 1.22 bits per heavy atom. The van der Waals surface area contributed by atoms with Gasteiger partial charge in [0, 0.05) is 12.6 Å². The summed E-state index contributed by atoms with van der Waals surface area (Å²) in [6.07, 6.45) is 8.32. The van der Waals surface area contributed by atoms with Gasteiger partial charge >= 0.3 is 0 Å². The molecule has 3 heteroatoms. The topological polar surface area (TPSA) is 41.1 Å². The van der Waals surface area contributed by atoms with E-state index in [1.807, 2.05) is 0 Å². The van der Waals surface area contributed by atoms with Crippen LogP contribution in [-0.4, -0.2) is 25.0 Å². The van der Waals surface area contributed by atoms with Gasteiger partial charge in [0.15, 0.2) is 0 Å². The van der Waals surface area contributed by atoms with Crippen LogP contribution in [-0.2, 0) is 4.79 Å². The minimum Gasteiger partial charge on any atom is -0.355 e. The summed E-state index contributed by atoms with van der Waals surface area (Å²) in [5.74, 6) is 3.70. The van der Waals surface area contributed by atoms with E-state index in [0.29, 0.717) is 12.6 Å². The van der Waals surface area contributed by atoms with Crippen molar-refractivity contribution in [2.75, 3.05) is 13.1 Å². The Bertz CT molecular complexity index is 314. The SMILES string of the molecule is CC(NCC(=O)NCC1CC1)C1CC2CCC1C2. The highest BCUT2D eigenvalue weighted by atomic mass is 16.1. The van der Waals surface area contributed by atoms with Crippen LogP contribution in [0.1, 0.15) is 45.4 Å². The average Bonchev–Trinajstić information content (AvgIpc) is 2.97. The molecule has 0 radical (unpaired) electrons. The van der Waals surface area contributed by atoms with E-state index in [9.17, 15) is 4.79 Å². The molecule has 3 aliphatic rings. The summed E-state index contributed by atoms with van der Waals surface area (Å²) in [6.45, 7) is 3.66. The number of hydrogen-bond acceptors (Lipinski definition) is 2. The van der Waals surface area contributed by atoms with Crippen LogP contribution in [0, 0.1) is 23.7 Å². The third kappa shape index (κ3) is 2.87. The number of carbonyl (C=O) groups is 1. The number of amides is 1. The third-order valence-electron chi connectivity index (χ3n) is 5.30. The van der Waals surface area contributed by atoms with Crippen LogP contribution in [0.3, 0.4) is 0 Å². The molecule has 3 rings (SSSR count). The summed E-state index contributed by atoms with van der Waals surface area (Å²) >= 11 is 0. The molecule has 2 bridgehead atoms. The summed E-state index contributed by atoms with van der Waals surface area (Å²) in [5.41, 5.74) is 0. The molecule has 2 N–H and O–H groups in total. The minimum absolute atomic E-state index is 0.178. The van der Waals surface area contributed by atoms with Gasteiger partial charge in [0.1, 0.15) is 0 Å². The van der Waals surface area contributed by atoms with Gasteiger partial charge in [-0.1, -0.05) is 6.42 Å². The molecule has 4 unspecified atom stereocenters. The normalized spacial score (nSPS) is 35.7. The van der Waals surface area contributed by atoms with Crippen molar-refractivity contribution in [1.29, 1.82) is 0 Å². The van der Waals surface area contributed by atoms with Gasteiger partial charge in [0.05, 0.1) is 6.54 Å². The largest absolute Gasteiger partial charge is 0.355 e. The zero-order valence-corrected chi connectivity index (χ0v) is 11.5. The lowest BCUT2D eigenvalue weighted by Crippen LogP contribution is -2.42. The lowest BCUT2D eigenvalue weighted by atomic mass is 9.84. The Balaban J connectivity index is 1.35. The zero-order valence-electron chi connectivity index (χ0n) is 11.5. The van der Waals surface area contributed by atoms with Crippen LogP contribution in [0.25, 0.3) is 0 Å². The molecule has 102 valence electrons. The lowest BCUT2D eigenvalue weighted by molar-refractivity contribution is -0.120. The van der Waals surface area contributed by atoms with Crippen LogP contribution >= 0.6 is 0 Å². The number of fused-ring (bicyclic) bond motifs is 2. The number of rotatable bonds is 6. The Morgan fingerprint density at radius 3 is 2.67 bits per heavy atom. The van der Waals surface area contributed by atoms with E-state index >= 15 is 0 Å².